The van der Waals surface area contributed by atoms with Crippen molar-refractivity contribution in [3.63, 3.8) is 0 Å². The van der Waals surface area contributed by atoms with E-state index in [9.17, 15) is 9.18 Å². The van der Waals surface area contributed by atoms with Gasteiger partial charge in [0.2, 0.25) is 0 Å². The van der Waals surface area contributed by atoms with Crippen LogP contribution in [-0.4, -0.2) is 12.6 Å². The summed E-state index contributed by atoms with van der Waals surface area (Å²) in [6.45, 7) is 0.432. The average molecular weight is 335 g/mol. The minimum absolute atomic E-state index is 0.00485. The van der Waals surface area contributed by atoms with E-state index in [1.807, 2.05) is 30.3 Å². The molecule has 6 heteroatoms. The maximum Gasteiger partial charge on any atom is 0.407 e. The molecule has 0 aliphatic rings. The van der Waals surface area contributed by atoms with Crippen molar-refractivity contribution in [1.82, 2.24) is 5.32 Å². The number of rotatable bonds is 5. The van der Waals surface area contributed by atoms with Crippen molar-refractivity contribution in [2.45, 2.75) is 6.61 Å². The summed E-state index contributed by atoms with van der Waals surface area (Å²) >= 11 is 5.84. The second kappa shape index (κ2) is 8.19. The van der Waals surface area contributed by atoms with E-state index in [0.29, 0.717) is 5.56 Å². The Morgan fingerprint density at radius 3 is 2.74 bits per heavy atom. The van der Waals surface area contributed by atoms with E-state index >= 15 is 0 Å². The second-order valence-corrected chi connectivity index (χ2v) is 5.09. The van der Waals surface area contributed by atoms with Gasteiger partial charge >= 0.3 is 6.09 Å². The van der Waals surface area contributed by atoms with Gasteiger partial charge in [-0.1, -0.05) is 60.2 Å². The van der Waals surface area contributed by atoms with E-state index < -0.39 is 11.9 Å². The van der Waals surface area contributed by atoms with Crippen LogP contribution in [0, 0.1) is 5.82 Å². The van der Waals surface area contributed by atoms with Crippen LogP contribution in [0.15, 0.2) is 48.5 Å². The molecule has 1 amide bonds. The first-order valence-electron chi connectivity index (χ1n) is 6.92. The second-order valence-electron chi connectivity index (χ2n) is 4.72. The zero-order valence-corrected chi connectivity index (χ0v) is 13.0. The third-order valence-corrected chi connectivity index (χ3v) is 3.40. The minimum atomic E-state index is -0.649. The number of anilines is 1. The third kappa shape index (κ3) is 5.00. The van der Waals surface area contributed by atoms with Gasteiger partial charge < -0.3 is 15.8 Å². The van der Waals surface area contributed by atoms with Gasteiger partial charge in [-0.2, -0.15) is 0 Å². The summed E-state index contributed by atoms with van der Waals surface area (Å²) in [5, 5.41) is 2.51. The van der Waals surface area contributed by atoms with Gasteiger partial charge in [0, 0.05) is 6.54 Å². The maximum atomic E-state index is 13.5. The highest BCUT2D eigenvalue weighted by molar-refractivity contribution is 6.32. The lowest BCUT2D eigenvalue weighted by molar-refractivity contribution is 0.141. The zero-order valence-electron chi connectivity index (χ0n) is 12.3. The average Bonchev–Trinajstić information content (AvgIpc) is 2.57. The lowest BCUT2D eigenvalue weighted by Gasteiger charge is -2.05. The van der Waals surface area contributed by atoms with Crippen molar-refractivity contribution in [1.29, 1.82) is 0 Å². The Labute approximate surface area is 138 Å². The summed E-state index contributed by atoms with van der Waals surface area (Å²) in [7, 11) is 0. The fourth-order valence-electron chi connectivity index (χ4n) is 1.81. The first kappa shape index (κ1) is 16.8. The molecular formula is C17H16ClFN2O2. The molecule has 4 nitrogen and oxygen atoms in total. The lowest BCUT2D eigenvalue weighted by atomic mass is 10.2. The molecule has 0 aromatic heterocycles. The van der Waals surface area contributed by atoms with Crippen LogP contribution >= 0.6 is 11.6 Å². The number of carbonyl (C=O) groups excluding carboxylic acids is 1. The largest absolute Gasteiger partial charge is 0.445 e. The molecular weight excluding hydrogens is 319 g/mol. The number of hydrogen-bond donors (Lipinski definition) is 2. The van der Waals surface area contributed by atoms with Crippen molar-refractivity contribution < 1.29 is 13.9 Å². The maximum absolute atomic E-state index is 13.5. The van der Waals surface area contributed by atoms with Gasteiger partial charge in [0.25, 0.3) is 0 Å². The Hall–Kier alpha value is -2.53. The van der Waals surface area contributed by atoms with Gasteiger partial charge in [-0.15, -0.1) is 0 Å². The van der Waals surface area contributed by atoms with Crippen molar-refractivity contribution in [2.24, 2.45) is 0 Å². The number of nitrogens with two attached hydrogens (primary N) is 1. The summed E-state index contributed by atoms with van der Waals surface area (Å²) in [5.74, 6) is -0.649. The van der Waals surface area contributed by atoms with E-state index in [0.717, 1.165) is 5.56 Å². The van der Waals surface area contributed by atoms with Gasteiger partial charge in [0.15, 0.2) is 5.82 Å². The number of hydrogen-bond acceptors (Lipinski definition) is 3. The molecule has 0 radical (unpaired) electrons. The van der Waals surface area contributed by atoms with Crippen LogP contribution < -0.4 is 11.1 Å². The van der Waals surface area contributed by atoms with Gasteiger partial charge in [0.05, 0.1) is 10.7 Å². The summed E-state index contributed by atoms with van der Waals surface area (Å²) in [6, 6.07) is 12.4. The number of ether oxygens (including phenoxy) is 1. The molecule has 23 heavy (non-hydrogen) atoms. The van der Waals surface area contributed by atoms with Crippen LogP contribution in [0.25, 0.3) is 6.08 Å². The molecule has 3 N–H and O–H groups in total. The predicted octanol–water partition coefficient (Wildman–Crippen LogP) is 4.00. The number of nitrogen functional groups attached to an aromatic ring is 1. The van der Waals surface area contributed by atoms with Gasteiger partial charge in [-0.25, -0.2) is 9.18 Å². The van der Waals surface area contributed by atoms with Crippen LogP contribution in [-0.2, 0) is 11.3 Å². The molecule has 0 aliphatic heterocycles. The molecule has 2 aromatic rings. The fraction of sp³-hybridized carbons (Fsp3) is 0.118. The molecule has 0 spiro atoms. The Kier molecular flexibility index (Phi) is 6.00. The molecule has 0 heterocycles. The van der Waals surface area contributed by atoms with E-state index in [2.05, 4.69) is 5.32 Å². The number of nitrogens with one attached hydrogen (secondary N) is 1. The van der Waals surface area contributed by atoms with Gasteiger partial charge in [-0.3, -0.25) is 0 Å². The first-order chi connectivity index (χ1) is 11.1. The van der Waals surface area contributed by atoms with E-state index in [-0.39, 0.29) is 23.9 Å². The highest BCUT2D eigenvalue weighted by atomic mass is 35.5. The van der Waals surface area contributed by atoms with E-state index in [1.54, 1.807) is 18.2 Å². The Morgan fingerprint density at radius 2 is 2.00 bits per heavy atom. The molecule has 2 aromatic carbocycles. The number of carbonyl (C=O) groups is 1. The Balaban J connectivity index is 1.78. The highest BCUT2D eigenvalue weighted by Crippen LogP contribution is 2.25. The summed E-state index contributed by atoms with van der Waals surface area (Å²) in [6.07, 6.45) is 2.70. The van der Waals surface area contributed by atoms with Gasteiger partial charge in [0.1, 0.15) is 6.61 Å². The molecule has 0 aliphatic carbocycles. The first-order valence-corrected chi connectivity index (χ1v) is 7.30. The summed E-state index contributed by atoms with van der Waals surface area (Å²) < 4.78 is 18.6. The highest BCUT2D eigenvalue weighted by Gasteiger charge is 2.07. The van der Waals surface area contributed by atoms with E-state index in [4.69, 9.17) is 22.1 Å². The summed E-state index contributed by atoms with van der Waals surface area (Å²) in [5.41, 5.74) is 6.79. The van der Waals surface area contributed by atoms with Crippen LogP contribution in [0.4, 0.5) is 14.9 Å². The third-order valence-electron chi connectivity index (χ3n) is 3.02. The molecule has 0 saturated carbocycles. The number of benzene rings is 2. The summed E-state index contributed by atoms with van der Waals surface area (Å²) in [4.78, 5) is 11.5. The quantitative estimate of drug-likeness (QED) is 0.812. The Bertz CT molecular complexity index is 705. The van der Waals surface area contributed by atoms with Crippen molar-refractivity contribution in [2.75, 3.05) is 12.3 Å². The Morgan fingerprint density at radius 1 is 1.26 bits per heavy atom. The van der Waals surface area contributed by atoms with Crippen LogP contribution in [0.2, 0.25) is 5.02 Å². The molecule has 0 atom stereocenters. The van der Waals surface area contributed by atoms with Gasteiger partial charge in [-0.05, 0) is 17.2 Å². The topological polar surface area (TPSA) is 64.3 Å². The van der Waals surface area contributed by atoms with Crippen LogP contribution in [0.3, 0.4) is 0 Å². The number of halogens is 2. The molecule has 0 saturated heterocycles. The molecule has 0 bridgehead atoms. The SMILES string of the molecule is Nc1ccc(C=CCNC(=O)OCc2ccccc2)c(Cl)c1F. The molecule has 0 unspecified atom stereocenters. The molecule has 2 rings (SSSR count). The van der Waals surface area contributed by atoms with Crippen molar-refractivity contribution in [3.05, 3.63) is 70.5 Å². The smallest absolute Gasteiger partial charge is 0.407 e. The molecule has 0 fully saturated rings. The van der Waals surface area contributed by atoms with E-state index in [1.165, 1.54) is 6.07 Å². The molecule has 120 valence electrons. The van der Waals surface area contributed by atoms with Crippen LogP contribution in [0.1, 0.15) is 11.1 Å². The van der Waals surface area contributed by atoms with Crippen molar-refractivity contribution in [3.8, 4) is 0 Å². The predicted molar refractivity (Wildman–Crippen MR) is 89.5 cm³/mol. The minimum Gasteiger partial charge on any atom is -0.445 e. The zero-order chi connectivity index (χ0) is 16.7. The fourth-order valence-corrected chi connectivity index (χ4v) is 2.05. The van der Waals surface area contributed by atoms with Crippen molar-refractivity contribution >= 4 is 29.5 Å². The lowest BCUT2D eigenvalue weighted by Crippen LogP contribution is -2.24. The van der Waals surface area contributed by atoms with Crippen LogP contribution in [0.5, 0.6) is 0 Å². The normalized spacial score (nSPS) is 10.7. The number of alkyl carbamates (subject to hydrolysis) is 1. The monoisotopic (exact) mass is 334 g/mol. The number of amides is 1. The standard InChI is InChI=1S/C17H16ClFN2O2/c18-15-13(8-9-14(20)16(15)19)7-4-10-21-17(22)23-11-12-5-2-1-3-6-12/h1-9H,10-11,20H2,(H,21,22).